The third-order valence-corrected chi connectivity index (χ3v) is 4.16. The molecular weight excluding hydrogens is 300 g/mol. The number of fused-ring (bicyclic) bond motifs is 1. The van der Waals surface area contributed by atoms with E-state index in [4.69, 9.17) is 0 Å². The number of rotatable bonds is 2. The van der Waals surface area contributed by atoms with Crippen molar-refractivity contribution in [2.75, 3.05) is 25.1 Å². The number of nitrogens with zero attached hydrogens (tertiary/aromatic N) is 4. The summed E-state index contributed by atoms with van der Waals surface area (Å²) in [7, 11) is 2.64. The molecule has 0 amide bonds. The van der Waals surface area contributed by atoms with Gasteiger partial charge in [0, 0.05) is 20.1 Å². The lowest BCUT2D eigenvalue weighted by Gasteiger charge is -2.27. The predicted octanol–water partition coefficient (Wildman–Crippen LogP) is 0.811. The molecule has 1 N–H and O–H groups in total. The number of anilines is 1. The number of carbonyl (C=O) groups excluding carboxylic acids is 1. The van der Waals surface area contributed by atoms with Gasteiger partial charge in [0.1, 0.15) is 5.75 Å². The molecule has 122 valence electrons. The first-order chi connectivity index (χ1) is 11.0. The fourth-order valence-electron chi connectivity index (χ4n) is 2.86. The minimum absolute atomic E-state index is 0.223. The zero-order chi connectivity index (χ0) is 16.6. The van der Waals surface area contributed by atoms with Crippen LogP contribution < -0.4 is 10.5 Å². The number of piperidine rings is 1. The number of aromatic nitrogens is 3. The number of hydrogen-bond acceptors (Lipinski definition) is 7. The highest BCUT2D eigenvalue weighted by molar-refractivity contribution is 5.99. The smallest absolute Gasteiger partial charge is 0.347 e. The maximum atomic E-state index is 12.2. The van der Waals surface area contributed by atoms with Gasteiger partial charge in [-0.3, -0.25) is 9.36 Å². The molecule has 0 atom stereocenters. The average molecular weight is 318 g/mol. The number of hydrogen-bond donors (Lipinski definition) is 1. The SMILES string of the molecule is COC(=O)c1c(O)c2cc(N3CCCCC3)nnc2n(C)c1=O. The van der Waals surface area contributed by atoms with E-state index in [1.54, 1.807) is 6.07 Å². The van der Waals surface area contributed by atoms with Crippen LogP contribution in [0.2, 0.25) is 0 Å². The summed E-state index contributed by atoms with van der Waals surface area (Å²) < 4.78 is 5.78. The second kappa shape index (κ2) is 5.86. The Kier molecular flexibility index (Phi) is 3.89. The van der Waals surface area contributed by atoms with Gasteiger partial charge in [0.15, 0.2) is 17.0 Å². The molecule has 3 rings (SSSR count). The molecule has 2 aromatic rings. The Morgan fingerprint density at radius 2 is 1.96 bits per heavy atom. The van der Waals surface area contributed by atoms with E-state index in [0.29, 0.717) is 11.2 Å². The van der Waals surface area contributed by atoms with Crippen molar-refractivity contribution in [3.8, 4) is 5.75 Å². The third kappa shape index (κ3) is 2.49. The molecule has 8 nitrogen and oxygen atoms in total. The van der Waals surface area contributed by atoms with E-state index in [9.17, 15) is 14.7 Å². The van der Waals surface area contributed by atoms with Crippen molar-refractivity contribution in [2.45, 2.75) is 19.3 Å². The summed E-state index contributed by atoms with van der Waals surface area (Å²) in [6.07, 6.45) is 3.34. The summed E-state index contributed by atoms with van der Waals surface area (Å²) >= 11 is 0. The van der Waals surface area contributed by atoms with Gasteiger partial charge in [-0.1, -0.05) is 0 Å². The highest BCUT2D eigenvalue weighted by Crippen LogP contribution is 2.28. The summed E-state index contributed by atoms with van der Waals surface area (Å²) in [5, 5.41) is 18.9. The summed E-state index contributed by atoms with van der Waals surface area (Å²) in [4.78, 5) is 26.1. The number of aromatic hydroxyl groups is 1. The Balaban J connectivity index is 2.21. The molecule has 0 saturated carbocycles. The van der Waals surface area contributed by atoms with Crippen molar-refractivity contribution >= 4 is 22.8 Å². The molecule has 0 unspecified atom stereocenters. The van der Waals surface area contributed by atoms with Crippen LogP contribution in [0.25, 0.3) is 11.0 Å². The molecule has 1 fully saturated rings. The summed E-state index contributed by atoms with van der Waals surface area (Å²) in [5.74, 6) is -0.661. The van der Waals surface area contributed by atoms with E-state index in [0.717, 1.165) is 33.0 Å². The highest BCUT2D eigenvalue weighted by Gasteiger charge is 2.24. The van der Waals surface area contributed by atoms with Crippen LogP contribution in [0.5, 0.6) is 5.75 Å². The quantitative estimate of drug-likeness (QED) is 0.818. The van der Waals surface area contributed by atoms with Gasteiger partial charge in [-0.05, 0) is 25.3 Å². The zero-order valence-electron chi connectivity index (χ0n) is 13.1. The first kappa shape index (κ1) is 15.3. The van der Waals surface area contributed by atoms with Crippen LogP contribution in [0.3, 0.4) is 0 Å². The van der Waals surface area contributed by atoms with Gasteiger partial charge < -0.3 is 14.7 Å². The molecule has 23 heavy (non-hydrogen) atoms. The number of ether oxygens (including phenoxy) is 1. The third-order valence-electron chi connectivity index (χ3n) is 4.16. The molecule has 0 radical (unpaired) electrons. The van der Waals surface area contributed by atoms with Crippen LogP contribution in [0, 0.1) is 0 Å². The Bertz CT molecular complexity index is 824. The van der Waals surface area contributed by atoms with E-state index in [2.05, 4.69) is 19.8 Å². The van der Waals surface area contributed by atoms with E-state index in [1.165, 1.54) is 18.0 Å². The lowest BCUT2D eigenvalue weighted by molar-refractivity contribution is 0.0595. The standard InChI is InChI=1S/C15H18N4O4/c1-18-13-9(12(20)11(14(18)21)15(22)23-2)8-10(16-17-13)19-6-4-3-5-7-19/h8,20H,3-7H2,1-2H3. The molecule has 1 aliphatic heterocycles. The average Bonchev–Trinajstić information content (AvgIpc) is 2.60. The normalized spacial score (nSPS) is 15.0. The Morgan fingerprint density at radius 3 is 2.61 bits per heavy atom. The second-order valence-corrected chi connectivity index (χ2v) is 5.57. The number of pyridine rings is 1. The van der Waals surface area contributed by atoms with E-state index >= 15 is 0 Å². The van der Waals surface area contributed by atoms with Crippen LogP contribution in [0.4, 0.5) is 5.82 Å². The van der Waals surface area contributed by atoms with Gasteiger partial charge in [-0.15, -0.1) is 10.2 Å². The van der Waals surface area contributed by atoms with Crippen molar-refractivity contribution in [1.29, 1.82) is 0 Å². The molecule has 0 aromatic carbocycles. The maximum Gasteiger partial charge on any atom is 0.347 e. The minimum atomic E-state index is -0.874. The Hall–Kier alpha value is -2.64. The van der Waals surface area contributed by atoms with Gasteiger partial charge in [0.2, 0.25) is 0 Å². The largest absolute Gasteiger partial charge is 0.506 e. The summed E-state index contributed by atoms with van der Waals surface area (Å²) in [6, 6.07) is 1.66. The summed E-state index contributed by atoms with van der Waals surface area (Å²) in [6.45, 7) is 1.74. The number of methoxy groups -OCH3 is 1. The minimum Gasteiger partial charge on any atom is -0.506 e. The zero-order valence-corrected chi connectivity index (χ0v) is 13.1. The topological polar surface area (TPSA) is 97.6 Å². The first-order valence-corrected chi connectivity index (χ1v) is 7.47. The molecule has 8 heteroatoms. The lowest BCUT2D eigenvalue weighted by atomic mass is 10.1. The fraction of sp³-hybridized carbons (Fsp3) is 0.467. The molecule has 3 heterocycles. The van der Waals surface area contributed by atoms with Crippen molar-refractivity contribution < 1.29 is 14.6 Å². The molecule has 2 aromatic heterocycles. The molecule has 0 aliphatic carbocycles. The van der Waals surface area contributed by atoms with Gasteiger partial charge in [-0.2, -0.15) is 0 Å². The molecule has 1 saturated heterocycles. The van der Waals surface area contributed by atoms with E-state index in [-0.39, 0.29) is 11.2 Å². The molecule has 0 bridgehead atoms. The summed E-state index contributed by atoms with van der Waals surface area (Å²) in [5.41, 5.74) is -0.831. The van der Waals surface area contributed by atoms with Crippen LogP contribution in [-0.2, 0) is 11.8 Å². The first-order valence-electron chi connectivity index (χ1n) is 7.47. The van der Waals surface area contributed by atoms with E-state index < -0.39 is 17.3 Å². The number of carbonyl (C=O) groups is 1. The number of esters is 1. The molecule has 1 aliphatic rings. The molecule has 0 spiro atoms. The highest BCUT2D eigenvalue weighted by atomic mass is 16.5. The Morgan fingerprint density at radius 1 is 1.26 bits per heavy atom. The van der Waals surface area contributed by atoms with Crippen LogP contribution in [0.1, 0.15) is 29.6 Å². The van der Waals surface area contributed by atoms with Crippen LogP contribution in [0.15, 0.2) is 10.9 Å². The van der Waals surface area contributed by atoms with E-state index in [1.807, 2.05) is 0 Å². The van der Waals surface area contributed by atoms with Gasteiger partial charge >= 0.3 is 5.97 Å². The van der Waals surface area contributed by atoms with Gasteiger partial charge in [-0.25, -0.2) is 4.79 Å². The monoisotopic (exact) mass is 318 g/mol. The van der Waals surface area contributed by atoms with Crippen molar-refractivity contribution in [1.82, 2.24) is 14.8 Å². The van der Waals surface area contributed by atoms with Crippen LogP contribution >= 0.6 is 0 Å². The van der Waals surface area contributed by atoms with Gasteiger partial charge in [0.25, 0.3) is 5.56 Å². The molecular formula is C15H18N4O4. The second-order valence-electron chi connectivity index (χ2n) is 5.57. The number of aryl methyl sites for hydroxylation is 1. The fourth-order valence-corrected chi connectivity index (χ4v) is 2.86. The van der Waals surface area contributed by atoms with Gasteiger partial charge in [0.05, 0.1) is 12.5 Å². The van der Waals surface area contributed by atoms with Crippen molar-refractivity contribution in [3.05, 3.63) is 22.0 Å². The van der Waals surface area contributed by atoms with Crippen LogP contribution in [-0.4, -0.2) is 46.0 Å². The Labute approximate surface area is 132 Å². The maximum absolute atomic E-state index is 12.2. The van der Waals surface area contributed by atoms with Crippen molar-refractivity contribution in [2.24, 2.45) is 7.05 Å². The lowest BCUT2D eigenvalue weighted by Crippen LogP contribution is -2.31. The van der Waals surface area contributed by atoms with Crippen molar-refractivity contribution in [3.63, 3.8) is 0 Å². The predicted molar refractivity (Wildman–Crippen MR) is 83.8 cm³/mol.